The zero-order valence-electron chi connectivity index (χ0n) is 26.6. The summed E-state index contributed by atoms with van der Waals surface area (Å²) in [6.45, 7) is 10.1. The Kier molecular flexibility index (Phi) is 10.8. The van der Waals surface area contributed by atoms with Crippen molar-refractivity contribution in [3.8, 4) is 0 Å². The number of benzene rings is 2. The summed E-state index contributed by atoms with van der Waals surface area (Å²) in [7, 11) is 0. The summed E-state index contributed by atoms with van der Waals surface area (Å²) in [4.78, 5) is 54.0. The zero-order chi connectivity index (χ0) is 32.0. The van der Waals surface area contributed by atoms with E-state index in [9.17, 15) is 24.3 Å². The number of nitrogens with zero attached hydrogens (tertiary/aromatic N) is 1. The lowest BCUT2D eigenvalue weighted by Crippen LogP contribution is -2.62. The summed E-state index contributed by atoms with van der Waals surface area (Å²) in [6, 6.07) is 13.0. The topological polar surface area (TPSA) is 125 Å². The summed E-state index contributed by atoms with van der Waals surface area (Å²) in [5.41, 5.74) is 2.81. The Morgan fingerprint density at radius 2 is 1.75 bits per heavy atom. The van der Waals surface area contributed by atoms with Crippen LogP contribution in [0.15, 0.2) is 48.5 Å². The van der Waals surface area contributed by atoms with Crippen molar-refractivity contribution in [2.45, 2.75) is 104 Å². The van der Waals surface area contributed by atoms with Crippen molar-refractivity contribution in [2.75, 3.05) is 6.54 Å². The van der Waals surface area contributed by atoms with E-state index in [4.69, 9.17) is 4.74 Å². The van der Waals surface area contributed by atoms with E-state index in [0.717, 1.165) is 30.4 Å². The van der Waals surface area contributed by atoms with Gasteiger partial charge in [0, 0.05) is 18.9 Å². The number of aryl methyl sites for hydroxylation is 1. The van der Waals surface area contributed by atoms with Gasteiger partial charge in [-0.15, -0.1) is 0 Å². The second-order valence-electron chi connectivity index (χ2n) is 13.3. The largest absolute Gasteiger partial charge is 0.478 e. The summed E-state index contributed by atoms with van der Waals surface area (Å²) < 4.78 is 6.23. The Labute approximate surface area is 260 Å². The quantitative estimate of drug-likeness (QED) is 0.349. The number of fused-ring (bicyclic) bond motifs is 1. The predicted molar refractivity (Wildman–Crippen MR) is 168 cm³/mol. The Morgan fingerprint density at radius 3 is 2.41 bits per heavy atom. The number of likely N-dealkylation sites (tertiary alicyclic amines) is 1. The first-order chi connectivity index (χ1) is 20.9. The van der Waals surface area contributed by atoms with E-state index in [2.05, 4.69) is 22.8 Å². The Morgan fingerprint density at radius 1 is 1.05 bits per heavy atom. The first kappa shape index (κ1) is 33.2. The molecule has 5 atom stereocenters. The lowest BCUT2D eigenvalue weighted by atomic mass is 9.84. The highest BCUT2D eigenvalue weighted by Gasteiger charge is 2.43. The monoisotopic (exact) mass is 605 g/mol. The van der Waals surface area contributed by atoms with Crippen LogP contribution in [0.25, 0.3) is 0 Å². The summed E-state index contributed by atoms with van der Waals surface area (Å²) in [5.74, 6) is -1.88. The number of amides is 3. The van der Waals surface area contributed by atoms with Crippen LogP contribution in [0.1, 0.15) is 99.8 Å². The van der Waals surface area contributed by atoms with Crippen molar-refractivity contribution in [2.24, 2.45) is 11.3 Å². The number of aromatic carboxylic acids is 1. The van der Waals surface area contributed by atoms with E-state index in [1.165, 1.54) is 5.56 Å². The maximum Gasteiger partial charge on any atom is 0.335 e. The molecule has 0 radical (unpaired) electrons. The first-order valence-corrected chi connectivity index (χ1v) is 15.8. The number of carboxylic acids is 1. The second kappa shape index (κ2) is 14.4. The third-order valence-corrected chi connectivity index (χ3v) is 8.97. The van der Waals surface area contributed by atoms with Crippen LogP contribution in [-0.4, -0.2) is 58.4 Å². The van der Waals surface area contributed by atoms with E-state index in [1.54, 1.807) is 29.2 Å². The van der Waals surface area contributed by atoms with Gasteiger partial charge in [-0.2, -0.15) is 0 Å². The van der Waals surface area contributed by atoms with Crippen LogP contribution in [-0.2, 0) is 32.1 Å². The molecule has 0 bridgehead atoms. The van der Waals surface area contributed by atoms with Crippen molar-refractivity contribution < 1.29 is 29.0 Å². The molecule has 2 aromatic rings. The van der Waals surface area contributed by atoms with Gasteiger partial charge in [0.05, 0.1) is 24.3 Å². The fraction of sp³-hybridized carbons (Fsp3) is 0.543. The molecule has 1 aliphatic heterocycles. The maximum absolute atomic E-state index is 14.2. The lowest BCUT2D eigenvalue weighted by Gasteiger charge is -2.43. The maximum atomic E-state index is 14.2. The van der Waals surface area contributed by atoms with Crippen LogP contribution in [0.2, 0.25) is 0 Å². The molecule has 1 saturated heterocycles. The van der Waals surface area contributed by atoms with Crippen LogP contribution in [0.3, 0.4) is 0 Å². The molecule has 1 fully saturated rings. The molecular formula is C35H47N3O6. The molecule has 1 aliphatic carbocycles. The number of carbonyl (C=O) groups is 4. The number of ether oxygens (including phenoxy) is 1. The van der Waals surface area contributed by atoms with Gasteiger partial charge in [0.15, 0.2) is 0 Å². The van der Waals surface area contributed by atoms with Gasteiger partial charge in [0.25, 0.3) is 0 Å². The average molecular weight is 606 g/mol. The summed E-state index contributed by atoms with van der Waals surface area (Å²) in [5, 5.41) is 15.4. The van der Waals surface area contributed by atoms with Crippen molar-refractivity contribution in [1.29, 1.82) is 0 Å². The highest BCUT2D eigenvalue weighted by atomic mass is 16.5. The van der Waals surface area contributed by atoms with Gasteiger partial charge in [-0.1, -0.05) is 71.0 Å². The number of rotatable bonds is 10. The van der Waals surface area contributed by atoms with Crippen LogP contribution in [0.4, 0.5) is 0 Å². The van der Waals surface area contributed by atoms with Gasteiger partial charge in [0.2, 0.25) is 17.7 Å². The fourth-order valence-corrected chi connectivity index (χ4v) is 6.01. The molecule has 238 valence electrons. The predicted octanol–water partition coefficient (Wildman–Crippen LogP) is 5.03. The molecule has 3 amide bonds. The molecule has 0 aromatic heterocycles. The molecule has 2 unspecified atom stereocenters. The molecule has 4 rings (SSSR count). The molecule has 44 heavy (non-hydrogen) atoms. The Bertz CT molecular complexity index is 1330. The van der Waals surface area contributed by atoms with Crippen LogP contribution in [0, 0.1) is 11.3 Å². The minimum Gasteiger partial charge on any atom is -0.478 e. The Balaban J connectivity index is 1.55. The number of piperidine rings is 1. The molecule has 0 spiro atoms. The first-order valence-electron chi connectivity index (χ1n) is 15.8. The standard InChI is InChI=1S/C35H47N3O6/c1-6-22(2)31(39)37-30(35(3,4)5)33(41)38-19-18-26(44-21-23-14-16-25(17-15-23)34(42)43)20-29(38)32(40)36-28-13-9-11-24-10-7-8-12-27(24)28/h7-8,10,12,14-17,22,26,28-30H,6,9,11,13,18-21H2,1-5H3,(H,36,40)(H,37,39)(H,42,43)/t22-,26?,28?,29+,30-/m1/s1. The minimum absolute atomic E-state index is 0.137. The molecule has 2 aliphatic rings. The SMILES string of the molecule is CC[C@@H](C)C(=O)N[C@H](C(=O)N1CCC(OCc2ccc(C(=O)O)cc2)C[C@H]1C(=O)NC1CCCc2ccccc21)C(C)(C)C. The molecule has 2 aromatic carbocycles. The summed E-state index contributed by atoms with van der Waals surface area (Å²) >= 11 is 0. The molecule has 1 heterocycles. The molecule has 9 nitrogen and oxygen atoms in total. The molecule has 3 N–H and O–H groups in total. The second-order valence-corrected chi connectivity index (χ2v) is 13.3. The van der Waals surface area contributed by atoms with Crippen LogP contribution < -0.4 is 10.6 Å². The van der Waals surface area contributed by atoms with Gasteiger partial charge < -0.3 is 25.4 Å². The van der Waals surface area contributed by atoms with Crippen LogP contribution in [0.5, 0.6) is 0 Å². The zero-order valence-corrected chi connectivity index (χ0v) is 26.6. The number of hydrogen-bond donors (Lipinski definition) is 3. The van der Waals surface area contributed by atoms with Gasteiger partial charge >= 0.3 is 5.97 Å². The summed E-state index contributed by atoms with van der Waals surface area (Å²) in [6.07, 6.45) is 3.99. The number of hydrogen-bond acceptors (Lipinski definition) is 5. The van der Waals surface area contributed by atoms with Gasteiger partial charge in [-0.3, -0.25) is 14.4 Å². The highest BCUT2D eigenvalue weighted by molar-refractivity contribution is 5.93. The van der Waals surface area contributed by atoms with E-state index < -0.39 is 23.5 Å². The number of carbonyl (C=O) groups excluding carboxylic acids is 3. The smallest absolute Gasteiger partial charge is 0.335 e. The third-order valence-electron chi connectivity index (χ3n) is 8.97. The minimum atomic E-state index is -0.988. The van der Waals surface area contributed by atoms with Gasteiger partial charge in [-0.05, 0) is 66.3 Å². The van der Waals surface area contributed by atoms with E-state index >= 15 is 0 Å². The normalized spacial score (nSPS) is 21.5. The Hall–Kier alpha value is -3.72. The van der Waals surface area contributed by atoms with E-state index in [-0.39, 0.29) is 48.0 Å². The fourth-order valence-electron chi connectivity index (χ4n) is 6.01. The number of carboxylic acid groups (broad SMARTS) is 1. The van der Waals surface area contributed by atoms with Gasteiger partial charge in [-0.25, -0.2) is 4.79 Å². The van der Waals surface area contributed by atoms with Crippen molar-refractivity contribution >= 4 is 23.7 Å². The highest BCUT2D eigenvalue weighted by Crippen LogP contribution is 2.32. The van der Waals surface area contributed by atoms with Crippen molar-refractivity contribution in [3.63, 3.8) is 0 Å². The number of nitrogens with one attached hydrogen (secondary N) is 2. The average Bonchev–Trinajstić information content (AvgIpc) is 3.01. The van der Waals surface area contributed by atoms with E-state index in [1.807, 2.05) is 46.8 Å². The van der Waals surface area contributed by atoms with E-state index in [0.29, 0.717) is 25.8 Å². The third kappa shape index (κ3) is 8.05. The molecule has 9 heteroatoms. The lowest BCUT2D eigenvalue weighted by molar-refractivity contribution is -0.151. The van der Waals surface area contributed by atoms with Crippen molar-refractivity contribution in [1.82, 2.24) is 15.5 Å². The molecule has 0 saturated carbocycles. The van der Waals surface area contributed by atoms with Gasteiger partial charge in [0.1, 0.15) is 12.1 Å². The van der Waals surface area contributed by atoms with Crippen molar-refractivity contribution in [3.05, 3.63) is 70.8 Å². The van der Waals surface area contributed by atoms with Crippen LogP contribution >= 0.6 is 0 Å². The molecular weight excluding hydrogens is 558 g/mol.